The number of benzene rings is 2. The van der Waals surface area contributed by atoms with Gasteiger partial charge in [0.2, 0.25) is 0 Å². The van der Waals surface area contributed by atoms with Crippen LogP contribution in [0, 0.1) is 12.7 Å². The largest absolute Gasteiger partial charge is 0.317 e. The van der Waals surface area contributed by atoms with E-state index in [0.29, 0.717) is 11.6 Å². The monoisotopic (exact) mass is 363 g/mol. The van der Waals surface area contributed by atoms with Crippen molar-refractivity contribution < 1.29 is 4.39 Å². The summed E-state index contributed by atoms with van der Waals surface area (Å²) in [5.41, 5.74) is 4.41. The van der Waals surface area contributed by atoms with Crippen molar-refractivity contribution in [2.75, 3.05) is 13.1 Å². The average Bonchev–Trinajstić information content (AvgIpc) is 3.26. The number of piperidine rings is 1. The predicted octanol–water partition coefficient (Wildman–Crippen LogP) is 3.96. The summed E-state index contributed by atoms with van der Waals surface area (Å²) >= 11 is 0. The van der Waals surface area contributed by atoms with Gasteiger partial charge in [-0.25, -0.2) is 4.39 Å². The fourth-order valence-corrected chi connectivity index (χ4v) is 4.13. The van der Waals surface area contributed by atoms with Crippen molar-refractivity contribution in [2.45, 2.75) is 25.8 Å². The van der Waals surface area contributed by atoms with Gasteiger partial charge in [0, 0.05) is 30.2 Å². The van der Waals surface area contributed by atoms with Crippen molar-refractivity contribution in [1.82, 2.24) is 24.9 Å². The molecule has 0 atom stereocenters. The first kappa shape index (κ1) is 16.4. The van der Waals surface area contributed by atoms with E-state index in [2.05, 4.69) is 27.6 Å². The van der Waals surface area contributed by atoms with Crippen LogP contribution in [0.3, 0.4) is 0 Å². The van der Waals surface area contributed by atoms with E-state index < -0.39 is 0 Å². The number of hydrogen-bond donors (Lipinski definition) is 1. The highest BCUT2D eigenvalue weighted by atomic mass is 19.1. The summed E-state index contributed by atoms with van der Waals surface area (Å²) in [6.07, 6.45) is 6.04. The molecule has 1 fully saturated rings. The van der Waals surface area contributed by atoms with Crippen LogP contribution in [0.2, 0.25) is 0 Å². The van der Waals surface area contributed by atoms with Crippen LogP contribution in [0.25, 0.3) is 32.9 Å². The molecule has 6 heteroatoms. The standard InChI is InChI=1S/C21H22FN5/c1-13-7-14(8-16-11-26(2)24-20(13)16)15-9-17-12-27(18-3-5-23-6-4-18)25-21(17)19(22)10-15/h7-12,18,23H,3-6H2,1-2H3. The van der Waals surface area contributed by atoms with Gasteiger partial charge in [-0.3, -0.25) is 9.36 Å². The van der Waals surface area contributed by atoms with Gasteiger partial charge in [-0.05, 0) is 73.8 Å². The first-order valence-corrected chi connectivity index (χ1v) is 9.42. The molecule has 3 heterocycles. The minimum atomic E-state index is -0.265. The lowest BCUT2D eigenvalue weighted by atomic mass is 10.00. The first-order chi connectivity index (χ1) is 13.1. The second kappa shape index (κ2) is 6.16. The smallest absolute Gasteiger partial charge is 0.151 e. The number of nitrogens with one attached hydrogen (secondary N) is 1. The zero-order valence-electron chi connectivity index (χ0n) is 15.5. The molecule has 0 radical (unpaired) electrons. The lowest BCUT2D eigenvalue weighted by Gasteiger charge is -2.22. The van der Waals surface area contributed by atoms with E-state index in [0.717, 1.165) is 58.9 Å². The molecule has 27 heavy (non-hydrogen) atoms. The van der Waals surface area contributed by atoms with Crippen molar-refractivity contribution in [3.05, 3.63) is 48.0 Å². The Hall–Kier alpha value is -2.73. The van der Waals surface area contributed by atoms with Crippen LogP contribution in [-0.4, -0.2) is 32.7 Å². The zero-order valence-corrected chi connectivity index (χ0v) is 15.5. The SMILES string of the molecule is Cc1cc(-c2cc(F)c3nn(C4CCNCC4)cc3c2)cc2cn(C)nc12. The normalized spacial score (nSPS) is 15.8. The maximum absolute atomic E-state index is 14.8. The van der Waals surface area contributed by atoms with Gasteiger partial charge in [0.05, 0.1) is 11.6 Å². The molecule has 1 aliphatic rings. The van der Waals surface area contributed by atoms with Gasteiger partial charge in [0.15, 0.2) is 5.82 Å². The fourth-order valence-electron chi connectivity index (χ4n) is 4.13. The Kier molecular flexibility index (Phi) is 3.75. The molecular weight excluding hydrogens is 341 g/mol. The van der Waals surface area contributed by atoms with E-state index in [1.54, 1.807) is 6.07 Å². The molecule has 0 amide bonds. The Morgan fingerprint density at radius 3 is 2.44 bits per heavy atom. The molecule has 0 spiro atoms. The molecule has 0 saturated carbocycles. The van der Waals surface area contributed by atoms with Crippen molar-refractivity contribution in [3.8, 4) is 11.1 Å². The molecule has 5 rings (SSSR count). The van der Waals surface area contributed by atoms with Crippen LogP contribution < -0.4 is 5.32 Å². The van der Waals surface area contributed by atoms with Crippen LogP contribution in [-0.2, 0) is 7.05 Å². The summed E-state index contributed by atoms with van der Waals surface area (Å²) in [5, 5.41) is 14.3. The second-order valence-corrected chi connectivity index (χ2v) is 7.52. The lowest BCUT2D eigenvalue weighted by Crippen LogP contribution is -2.29. The van der Waals surface area contributed by atoms with E-state index in [1.165, 1.54) is 0 Å². The third-order valence-corrected chi connectivity index (χ3v) is 5.51. The van der Waals surface area contributed by atoms with Gasteiger partial charge in [0.25, 0.3) is 0 Å². The molecule has 5 nitrogen and oxygen atoms in total. The average molecular weight is 363 g/mol. The molecule has 0 unspecified atom stereocenters. The van der Waals surface area contributed by atoms with Gasteiger partial charge in [0.1, 0.15) is 5.52 Å². The van der Waals surface area contributed by atoms with Crippen molar-refractivity contribution in [1.29, 1.82) is 0 Å². The number of halogens is 1. The molecule has 0 bridgehead atoms. The number of fused-ring (bicyclic) bond motifs is 2. The van der Waals surface area contributed by atoms with E-state index in [9.17, 15) is 4.39 Å². The Bertz CT molecular complexity index is 1150. The topological polar surface area (TPSA) is 47.7 Å². The maximum Gasteiger partial charge on any atom is 0.151 e. The molecule has 1 N–H and O–H groups in total. The van der Waals surface area contributed by atoms with Gasteiger partial charge >= 0.3 is 0 Å². The number of aryl methyl sites for hydroxylation is 2. The third kappa shape index (κ3) is 2.80. The van der Waals surface area contributed by atoms with Gasteiger partial charge in [-0.15, -0.1) is 0 Å². The highest BCUT2D eigenvalue weighted by Crippen LogP contribution is 2.31. The van der Waals surface area contributed by atoms with Crippen LogP contribution in [0.1, 0.15) is 24.4 Å². The van der Waals surface area contributed by atoms with Crippen molar-refractivity contribution >= 4 is 21.8 Å². The minimum Gasteiger partial charge on any atom is -0.317 e. The molecular formula is C21H22FN5. The molecule has 1 aliphatic heterocycles. The molecule has 138 valence electrons. The number of rotatable bonds is 2. The van der Waals surface area contributed by atoms with Gasteiger partial charge < -0.3 is 5.32 Å². The van der Waals surface area contributed by atoms with Crippen molar-refractivity contribution in [3.63, 3.8) is 0 Å². The lowest BCUT2D eigenvalue weighted by molar-refractivity contribution is 0.344. The molecule has 4 aromatic rings. The highest BCUT2D eigenvalue weighted by Gasteiger charge is 2.18. The second-order valence-electron chi connectivity index (χ2n) is 7.52. The van der Waals surface area contributed by atoms with Gasteiger partial charge in [-0.2, -0.15) is 10.2 Å². The Morgan fingerprint density at radius 2 is 1.67 bits per heavy atom. The predicted molar refractivity (Wildman–Crippen MR) is 105 cm³/mol. The molecule has 2 aromatic heterocycles. The summed E-state index contributed by atoms with van der Waals surface area (Å²) < 4.78 is 18.6. The van der Waals surface area contributed by atoms with E-state index in [4.69, 9.17) is 0 Å². The van der Waals surface area contributed by atoms with Crippen molar-refractivity contribution in [2.24, 2.45) is 7.05 Å². The Morgan fingerprint density at radius 1 is 0.963 bits per heavy atom. The first-order valence-electron chi connectivity index (χ1n) is 9.42. The molecule has 1 saturated heterocycles. The van der Waals surface area contributed by atoms with Crippen LogP contribution >= 0.6 is 0 Å². The summed E-state index contributed by atoms with van der Waals surface area (Å²) in [6.45, 7) is 4.01. The summed E-state index contributed by atoms with van der Waals surface area (Å²) in [6, 6.07) is 8.13. The maximum atomic E-state index is 14.8. The van der Waals surface area contributed by atoms with Crippen LogP contribution in [0.5, 0.6) is 0 Å². The Labute approximate surface area is 156 Å². The van der Waals surface area contributed by atoms with E-state index >= 15 is 0 Å². The quantitative estimate of drug-likeness (QED) is 0.586. The summed E-state index contributed by atoms with van der Waals surface area (Å²) in [4.78, 5) is 0. The number of aromatic nitrogens is 4. The van der Waals surface area contributed by atoms with E-state index in [1.807, 2.05) is 41.8 Å². The summed E-state index contributed by atoms with van der Waals surface area (Å²) in [7, 11) is 1.92. The zero-order chi connectivity index (χ0) is 18.5. The van der Waals surface area contributed by atoms with Crippen LogP contribution in [0.15, 0.2) is 36.7 Å². The molecule has 0 aliphatic carbocycles. The minimum absolute atomic E-state index is 0.265. The Balaban J connectivity index is 1.61. The summed E-state index contributed by atoms with van der Waals surface area (Å²) in [5.74, 6) is -0.265. The fraction of sp³-hybridized carbons (Fsp3) is 0.333. The van der Waals surface area contributed by atoms with E-state index in [-0.39, 0.29) is 5.82 Å². The molecule has 2 aromatic carbocycles. The van der Waals surface area contributed by atoms with Gasteiger partial charge in [-0.1, -0.05) is 0 Å². The van der Waals surface area contributed by atoms with Crippen LogP contribution in [0.4, 0.5) is 4.39 Å². The number of nitrogens with zero attached hydrogens (tertiary/aromatic N) is 4. The number of hydrogen-bond acceptors (Lipinski definition) is 3. The highest BCUT2D eigenvalue weighted by molar-refractivity contribution is 5.90. The third-order valence-electron chi connectivity index (χ3n) is 5.51.